The highest BCUT2D eigenvalue weighted by molar-refractivity contribution is 5.85. The van der Waals surface area contributed by atoms with Crippen LogP contribution in [0.3, 0.4) is 0 Å². The number of piperidine rings is 1. The Kier molecular flexibility index (Phi) is 6.85. The maximum absolute atomic E-state index is 12.7. The fourth-order valence-corrected chi connectivity index (χ4v) is 3.32. The Labute approximate surface area is 155 Å². The van der Waals surface area contributed by atoms with Crippen LogP contribution in [0.1, 0.15) is 36.8 Å². The Morgan fingerprint density at radius 3 is 2.24 bits per heavy atom. The number of halogens is 1. The van der Waals surface area contributed by atoms with Gasteiger partial charge in [-0.15, -0.1) is 12.4 Å². The summed E-state index contributed by atoms with van der Waals surface area (Å²) in [6, 6.07) is 8.74. The van der Waals surface area contributed by atoms with Gasteiger partial charge in [-0.05, 0) is 51.3 Å². The van der Waals surface area contributed by atoms with E-state index >= 15 is 0 Å². The molecule has 138 valence electrons. The second-order valence-electron chi connectivity index (χ2n) is 7.13. The molecule has 0 radical (unpaired) electrons. The number of benzene rings is 1. The summed E-state index contributed by atoms with van der Waals surface area (Å²) in [6.45, 7) is 4.55. The number of hydrogen-bond acceptors (Lipinski definition) is 3. The first-order valence-corrected chi connectivity index (χ1v) is 8.83. The fraction of sp³-hybridized carbons (Fsp3) is 0.579. The van der Waals surface area contributed by atoms with Crippen LogP contribution in [0.25, 0.3) is 0 Å². The predicted molar refractivity (Wildman–Crippen MR) is 98.8 cm³/mol. The molecule has 1 aromatic rings. The minimum Gasteiger partial charge on any atom is -0.481 e. The second kappa shape index (κ2) is 8.68. The summed E-state index contributed by atoms with van der Waals surface area (Å²) in [5, 5.41) is 9.07. The van der Waals surface area contributed by atoms with E-state index in [-0.39, 0.29) is 24.2 Å². The van der Waals surface area contributed by atoms with Crippen LogP contribution in [-0.2, 0) is 16.1 Å². The number of rotatable bonds is 6. The van der Waals surface area contributed by atoms with Crippen LogP contribution in [0.4, 0.5) is 0 Å². The van der Waals surface area contributed by atoms with Crippen molar-refractivity contribution in [1.29, 1.82) is 0 Å². The van der Waals surface area contributed by atoms with Crippen molar-refractivity contribution in [3.05, 3.63) is 35.4 Å². The van der Waals surface area contributed by atoms with Crippen molar-refractivity contribution in [2.75, 3.05) is 19.6 Å². The fourth-order valence-electron chi connectivity index (χ4n) is 3.32. The number of carboxylic acid groups (broad SMARTS) is 1. The summed E-state index contributed by atoms with van der Waals surface area (Å²) >= 11 is 0. The van der Waals surface area contributed by atoms with Crippen LogP contribution in [0, 0.1) is 12.8 Å². The van der Waals surface area contributed by atoms with Gasteiger partial charge >= 0.3 is 5.97 Å². The highest BCUT2D eigenvalue weighted by atomic mass is 35.5. The van der Waals surface area contributed by atoms with E-state index in [1.54, 1.807) is 0 Å². The molecule has 1 aliphatic carbocycles. The van der Waals surface area contributed by atoms with Crippen LogP contribution < -0.4 is 0 Å². The van der Waals surface area contributed by atoms with Crippen molar-refractivity contribution >= 4 is 24.3 Å². The van der Waals surface area contributed by atoms with Crippen LogP contribution >= 0.6 is 12.4 Å². The van der Waals surface area contributed by atoms with Gasteiger partial charge in [0.15, 0.2) is 0 Å². The van der Waals surface area contributed by atoms with Crippen molar-refractivity contribution in [3.63, 3.8) is 0 Å². The van der Waals surface area contributed by atoms with Crippen LogP contribution in [0.2, 0.25) is 0 Å². The third kappa shape index (κ3) is 5.44. The van der Waals surface area contributed by atoms with Crippen molar-refractivity contribution in [2.24, 2.45) is 5.92 Å². The van der Waals surface area contributed by atoms with Crippen molar-refractivity contribution in [3.8, 4) is 0 Å². The third-order valence-corrected chi connectivity index (χ3v) is 5.08. The molecule has 0 atom stereocenters. The first-order chi connectivity index (χ1) is 11.5. The molecule has 1 amide bonds. The lowest BCUT2D eigenvalue weighted by atomic mass is 9.97. The Hall–Kier alpha value is -1.59. The lowest BCUT2D eigenvalue weighted by Gasteiger charge is -2.32. The number of carboxylic acids is 1. The molecule has 1 saturated heterocycles. The summed E-state index contributed by atoms with van der Waals surface area (Å²) in [5.74, 6) is -0.782. The summed E-state index contributed by atoms with van der Waals surface area (Å²) in [5.41, 5.74) is 2.40. The Morgan fingerprint density at radius 1 is 1.12 bits per heavy atom. The highest BCUT2D eigenvalue weighted by Gasteiger charge is 2.34. The lowest BCUT2D eigenvalue weighted by molar-refractivity contribution is -0.143. The first-order valence-electron chi connectivity index (χ1n) is 8.83. The molecule has 5 nitrogen and oxygen atoms in total. The van der Waals surface area contributed by atoms with E-state index in [4.69, 9.17) is 5.11 Å². The van der Waals surface area contributed by atoms with Gasteiger partial charge in [0.25, 0.3) is 0 Å². The average Bonchev–Trinajstić information content (AvgIpc) is 3.39. The number of aliphatic carboxylic acids is 1. The lowest BCUT2D eigenvalue weighted by Crippen LogP contribution is -2.44. The number of amides is 1. The van der Waals surface area contributed by atoms with Gasteiger partial charge in [0.05, 0.1) is 12.5 Å². The van der Waals surface area contributed by atoms with Gasteiger partial charge in [-0.3, -0.25) is 14.5 Å². The third-order valence-electron chi connectivity index (χ3n) is 5.08. The molecule has 1 heterocycles. The molecule has 1 saturated carbocycles. The molecule has 0 bridgehead atoms. The molecule has 2 aliphatic rings. The van der Waals surface area contributed by atoms with E-state index in [2.05, 4.69) is 36.1 Å². The SMILES string of the molecule is Cc1ccc(CN(C(=O)CN2CCC(C(=O)O)CC2)C2CC2)cc1.Cl. The smallest absolute Gasteiger partial charge is 0.306 e. The maximum Gasteiger partial charge on any atom is 0.306 e. The van der Waals surface area contributed by atoms with Gasteiger partial charge in [0.1, 0.15) is 0 Å². The standard InChI is InChI=1S/C19H26N2O3.ClH/c1-14-2-4-15(5-3-14)12-21(17-6-7-17)18(22)13-20-10-8-16(9-11-20)19(23)24;/h2-5,16-17H,6-13H2,1H3,(H,23,24);1H. The number of carbonyl (C=O) groups is 2. The molecule has 1 aliphatic heterocycles. The van der Waals surface area contributed by atoms with E-state index in [1.165, 1.54) is 11.1 Å². The van der Waals surface area contributed by atoms with Crippen LogP contribution in [-0.4, -0.2) is 52.5 Å². The highest BCUT2D eigenvalue weighted by Crippen LogP contribution is 2.29. The zero-order chi connectivity index (χ0) is 17.1. The summed E-state index contributed by atoms with van der Waals surface area (Å²) in [7, 11) is 0. The van der Waals surface area contributed by atoms with E-state index in [1.807, 2.05) is 4.90 Å². The van der Waals surface area contributed by atoms with Crippen molar-refractivity contribution in [1.82, 2.24) is 9.80 Å². The molecule has 6 heteroatoms. The van der Waals surface area contributed by atoms with Gasteiger partial charge in [-0.1, -0.05) is 29.8 Å². The van der Waals surface area contributed by atoms with Gasteiger partial charge in [0.2, 0.25) is 5.91 Å². The largest absolute Gasteiger partial charge is 0.481 e. The zero-order valence-electron chi connectivity index (χ0n) is 14.7. The average molecular weight is 367 g/mol. The molecular formula is C19H27ClN2O3. The molecule has 2 fully saturated rings. The Balaban J connectivity index is 0.00000225. The predicted octanol–water partition coefficient (Wildman–Crippen LogP) is 2.70. The molecule has 0 spiro atoms. The summed E-state index contributed by atoms with van der Waals surface area (Å²) in [4.78, 5) is 27.9. The van der Waals surface area contributed by atoms with Crippen LogP contribution in [0.5, 0.6) is 0 Å². The number of nitrogens with zero attached hydrogens (tertiary/aromatic N) is 2. The Morgan fingerprint density at radius 2 is 1.72 bits per heavy atom. The van der Waals surface area contributed by atoms with Gasteiger partial charge in [0, 0.05) is 12.6 Å². The minimum absolute atomic E-state index is 0. The summed E-state index contributed by atoms with van der Waals surface area (Å²) < 4.78 is 0. The van der Waals surface area contributed by atoms with Gasteiger partial charge in [-0.25, -0.2) is 0 Å². The van der Waals surface area contributed by atoms with Crippen LogP contribution in [0.15, 0.2) is 24.3 Å². The van der Waals surface area contributed by atoms with Crippen molar-refractivity contribution in [2.45, 2.75) is 45.2 Å². The molecule has 25 heavy (non-hydrogen) atoms. The van der Waals surface area contributed by atoms with E-state index in [0.29, 0.717) is 45.1 Å². The molecule has 1 N–H and O–H groups in total. The normalized spacial score (nSPS) is 18.4. The minimum atomic E-state index is -0.708. The quantitative estimate of drug-likeness (QED) is 0.840. The van der Waals surface area contributed by atoms with E-state index in [9.17, 15) is 9.59 Å². The van der Waals surface area contributed by atoms with Crippen molar-refractivity contribution < 1.29 is 14.7 Å². The number of hydrogen-bond donors (Lipinski definition) is 1. The maximum atomic E-state index is 12.7. The molecule has 1 aromatic carbocycles. The monoisotopic (exact) mass is 366 g/mol. The Bertz CT molecular complexity index is 593. The number of carbonyl (C=O) groups excluding carboxylic acids is 1. The second-order valence-corrected chi connectivity index (χ2v) is 7.13. The topological polar surface area (TPSA) is 60.9 Å². The number of aryl methyl sites for hydroxylation is 1. The van der Waals surface area contributed by atoms with E-state index in [0.717, 1.165) is 12.8 Å². The summed E-state index contributed by atoms with van der Waals surface area (Å²) in [6.07, 6.45) is 3.48. The zero-order valence-corrected chi connectivity index (χ0v) is 15.5. The first kappa shape index (κ1) is 19.7. The molecular weight excluding hydrogens is 340 g/mol. The molecule has 0 aromatic heterocycles. The number of likely N-dealkylation sites (tertiary alicyclic amines) is 1. The molecule has 0 unspecified atom stereocenters. The van der Waals surface area contributed by atoms with Gasteiger partial charge < -0.3 is 10.0 Å². The van der Waals surface area contributed by atoms with E-state index < -0.39 is 5.97 Å². The van der Waals surface area contributed by atoms with Gasteiger partial charge in [-0.2, -0.15) is 0 Å². The molecule has 3 rings (SSSR count).